The summed E-state index contributed by atoms with van der Waals surface area (Å²) in [5, 5.41) is 3.62. The van der Waals surface area contributed by atoms with Crippen LogP contribution in [0.4, 0.5) is 4.39 Å². The summed E-state index contributed by atoms with van der Waals surface area (Å²) < 4.78 is 18.8. The summed E-state index contributed by atoms with van der Waals surface area (Å²) in [5.74, 6) is 0.227. The number of fused-ring (bicyclic) bond motifs is 1. The molecule has 0 aliphatic carbocycles. The standard InChI is InChI=1S/C10H11ClFNO/c1-2-13-8-5-14-10-6(11)3-4-7(12)9(8)10/h3-4,8,13H,2,5H2,1H3. The van der Waals surface area contributed by atoms with Crippen molar-refractivity contribution in [3.05, 3.63) is 28.5 Å². The number of benzene rings is 1. The number of nitrogens with one attached hydrogen (secondary N) is 1. The van der Waals surface area contributed by atoms with Crippen LogP contribution in [0.5, 0.6) is 5.75 Å². The summed E-state index contributed by atoms with van der Waals surface area (Å²) in [6, 6.07) is 2.82. The highest BCUT2D eigenvalue weighted by Crippen LogP contribution is 2.39. The molecule has 2 nitrogen and oxygen atoms in total. The van der Waals surface area contributed by atoms with Gasteiger partial charge in [0.1, 0.15) is 18.2 Å². The zero-order valence-corrected chi connectivity index (χ0v) is 8.57. The highest BCUT2D eigenvalue weighted by atomic mass is 35.5. The van der Waals surface area contributed by atoms with E-state index >= 15 is 0 Å². The van der Waals surface area contributed by atoms with Gasteiger partial charge in [-0.1, -0.05) is 18.5 Å². The predicted molar refractivity (Wildman–Crippen MR) is 53.3 cm³/mol. The van der Waals surface area contributed by atoms with Crippen LogP contribution >= 0.6 is 11.6 Å². The van der Waals surface area contributed by atoms with Crippen molar-refractivity contribution in [3.63, 3.8) is 0 Å². The van der Waals surface area contributed by atoms with Gasteiger partial charge in [0.2, 0.25) is 0 Å². The fourth-order valence-corrected chi connectivity index (χ4v) is 1.90. The highest BCUT2D eigenvalue weighted by Gasteiger charge is 2.28. The maximum absolute atomic E-state index is 13.5. The van der Waals surface area contributed by atoms with Gasteiger partial charge in [-0.2, -0.15) is 0 Å². The second-order valence-corrected chi connectivity index (χ2v) is 3.60. The van der Waals surface area contributed by atoms with Crippen molar-refractivity contribution >= 4 is 11.6 Å². The molecule has 1 heterocycles. The van der Waals surface area contributed by atoms with E-state index in [9.17, 15) is 4.39 Å². The molecule has 0 amide bonds. The molecule has 14 heavy (non-hydrogen) atoms. The molecular formula is C10H11ClFNO. The molecule has 1 aromatic rings. The van der Waals surface area contributed by atoms with Gasteiger partial charge < -0.3 is 10.1 Å². The SMILES string of the molecule is CCNC1COc2c(Cl)ccc(F)c21. The first-order valence-corrected chi connectivity index (χ1v) is 4.96. The average Bonchev–Trinajstić information content (AvgIpc) is 2.58. The Morgan fingerprint density at radius 1 is 1.64 bits per heavy atom. The molecule has 0 bridgehead atoms. The number of likely N-dealkylation sites (N-methyl/N-ethyl adjacent to an activating group) is 1. The van der Waals surface area contributed by atoms with Crippen LogP contribution in [0.15, 0.2) is 12.1 Å². The molecule has 0 saturated carbocycles. The second kappa shape index (κ2) is 3.75. The second-order valence-electron chi connectivity index (χ2n) is 3.19. The van der Waals surface area contributed by atoms with E-state index in [4.69, 9.17) is 16.3 Å². The molecule has 1 aliphatic heterocycles. The van der Waals surface area contributed by atoms with Crippen LogP contribution in [0.1, 0.15) is 18.5 Å². The number of hydrogen-bond donors (Lipinski definition) is 1. The van der Waals surface area contributed by atoms with Gasteiger partial charge in [-0.15, -0.1) is 0 Å². The van der Waals surface area contributed by atoms with Crippen molar-refractivity contribution < 1.29 is 9.13 Å². The van der Waals surface area contributed by atoms with Crippen LogP contribution < -0.4 is 10.1 Å². The van der Waals surface area contributed by atoms with Crippen molar-refractivity contribution in [1.82, 2.24) is 5.32 Å². The minimum atomic E-state index is -0.257. The lowest BCUT2D eigenvalue weighted by Gasteiger charge is -2.09. The third-order valence-corrected chi connectivity index (χ3v) is 2.59. The number of halogens is 2. The van der Waals surface area contributed by atoms with Crippen LogP contribution in [-0.4, -0.2) is 13.2 Å². The molecule has 1 N–H and O–H groups in total. The summed E-state index contributed by atoms with van der Waals surface area (Å²) in [6.45, 7) is 3.20. The van der Waals surface area contributed by atoms with E-state index in [1.807, 2.05) is 6.92 Å². The molecule has 1 atom stereocenters. The molecule has 1 aliphatic rings. The molecule has 1 unspecified atom stereocenters. The van der Waals surface area contributed by atoms with E-state index in [1.54, 1.807) is 0 Å². The summed E-state index contributed by atoms with van der Waals surface area (Å²) in [5.41, 5.74) is 0.555. The first-order valence-electron chi connectivity index (χ1n) is 4.58. The van der Waals surface area contributed by atoms with E-state index in [-0.39, 0.29) is 11.9 Å². The Balaban J connectivity index is 2.42. The van der Waals surface area contributed by atoms with E-state index in [1.165, 1.54) is 12.1 Å². The van der Waals surface area contributed by atoms with Crippen LogP contribution in [0.3, 0.4) is 0 Å². The van der Waals surface area contributed by atoms with Crippen LogP contribution in [-0.2, 0) is 0 Å². The molecule has 0 saturated heterocycles. The molecular weight excluding hydrogens is 205 g/mol. The zero-order valence-electron chi connectivity index (χ0n) is 7.81. The van der Waals surface area contributed by atoms with Crippen LogP contribution in [0.25, 0.3) is 0 Å². The van der Waals surface area contributed by atoms with Crippen molar-refractivity contribution in [1.29, 1.82) is 0 Å². The number of rotatable bonds is 2. The van der Waals surface area contributed by atoms with Gasteiger partial charge in [-0.05, 0) is 18.7 Å². The molecule has 2 rings (SSSR count). The van der Waals surface area contributed by atoms with Gasteiger partial charge in [-0.25, -0.2) is 4.39 Å². The van der Waals surface area contributed by atoms with Gasteiger partial charge >= 0.3 is 0 Å². The van der Waals surface area contributed by atoms with E-state index < -0.39 is 0 Å². The predicted octanol–water partition coefficient (Wildman–Crippen LogP) is 2.52. The van der Waals surface area contributed by atoms with E-state index in [0.717, 1.165) is 6.54 Å². The molecule has 0 aromatic heterocycles. The lowest BCUT2D eigenvalue weighted by molar-refractivity contribution is 0.313. The van der Waals surface area contributed by atoms with Crippen LogP contribution in [0.2, 0.25) is 5.02 Å². The minimum Gasteiger partial charge on any atom is -0.490 e. The minimum absolute atomic E-state index is 0.0753. The first-order chi connectivity index (χ1) is 6.74. The molecule has 0 fully saturated rings. The normalized spacial score (nSPS) is 19.2. The Labute approximate surface area is 87.0 Å². The maximum atomic E-state index is 13.5. The number of ether oxygens (including phenoxy) is 1. The van der Waals surface area contributed by atoms with Gasteiger partial charge in [0, 0.05) is 0 Å². The summed E-state index contributed by atoms with van der Waals surface area (Å²) in [4.78, 5) is 0. The third kappa shape index (κ3) is 1.47. The van der Waals surface area contributed by atoms with E-state index in [0.29, 0.717) is 22.9 Å². The fraction of sp³-hybridized carbons (Fsp3) is 0.400. The summed E-state index contributed by atoms with van der Waals surface area (Å²) in [7, 11) is 0. The van der Waals surface area contributed by atoms with Gasteiger partial charge in [0.25, 0.3) is 0 Å². The first kappa shape index (κ1) is 9.74. The van der Waals surface area contributed by atoms with Gasteiger partial charge in [0.15, 0.2) is 0 Å². The molecule has 0 spiro atoms. The van der Waals surface area contributed by atoms with E-state index in [2.05, 4.69) is 5.32 Å². The van der Waals surface area contributed by atoms with Crippen molar-refractivity contribution in [3.8, 4) is 5.75 Å². The van der Waals surface area contributed by atoms with Crippen LogP contribution in [0, 0.1) is 5.82 Å². The monoisotopic (exact) mass is 215 g/mol. The molecule has 1 aromatic carbocycles. The average molecular weight is 216 g/mol. The van der Waals surface area contributed by atoms with Gasteiger partial charge in [-0.3, -0.25) is 0 Å². The quantitative estimate of drug-likeness (QED) is 0.819. The maximum Gasteiger partial charge on any atom is 0.145 e. The third-order valence-electron chi connectivity index (χ3n) is 2.29. The Bertz CT molecular complexity index is 356. The molecule has 4 heteroatoms. The van der Waals surface area contributed by atoms with Gasteiger partial charge in [0.05, 0.1) is 16.6 Å². The molecule has 76 valence electrons. The Morgan fingerprint density at radius 3 is 3.14 bits per heavy atom. The summed E-state index contributed by atoms with van der Waals surface area (Å²) >= 11 is 5.89. The summed E-state index contributed by atoms with van der Waals surface area (Å²) in [6.07, 6.45) is 0. The lowest BCUT2D eigenvalue weighted by Crippen LogP contribution is -2.22. The largest absolute Gasteiger partial charge is 0.490 e. The number of hydrogen-bond acceptors (Lipinski definition) is 2. The Kier molecular flexibility index (Phi) is 2.61. The Hall–Kier alpha value is -0.800. The molecule has 0 radical (unpaired) electrons. The fourth-order valence-electron chi connectivity index (χ4n) is 1.68. The van der Waals surface area contributed by atoms with Crippen molar-refractivity contribution in [2.45, 2.75) is 13.0 Å². The zero-order chi connectivity index (χ0) is 10.1. The van der Waals surface area contributed by atoms with Crippen molar-refractivity contribution in [2.75, 3.05) is 13.2 Å². The Morgan fingerprint density at radius 2 is 2.43 bits per heavy atom. The smallest absolute Gasteiger partial charge is 0.145 e. The lowest BCUT2D eigenvalue weighted by atomic mass is 10.1. The topological polar surface area (TPSA) is 21.3 Å². The van der Waals surface area contributed by atoms with Crippen molar-refractivity contribution in [2.24, 2.45) is 0 Å². The highest BCUT2D eigenvalue weighted by molar-refractivity contribution is 6.32.